The van der Waals surface area contributed by atoms with Gasteiger partial charge in [0.25, 0.3) is 5.91 Å². The summed E-state index contributed by atoms with van der Waals surface area (Å²) >= 11 is 0. The number of aliphatic hydroxyl groups is 1. The van der Waals surface area contributed by atoms with E-state index >= 15 is 0 Å². The van der Waals surface area contributed by atoms with Crippen LogP contribution in [0, 0.1) is 0 Å². The van der Waals surface area contributed by atoms with Gasteiger partial charge in [-0.2, -0.15) is 0 Å². The molecule has 9 heteroatoms. The number of amides is 3. The van der Waals surface area contributed by atoms with Crippen LogP contribution in [0.5, 0.6) is 5.75 Å². The van der Waals surface area contributed by atoms with Gasteiger partial charge in [-0.25, -0.2) is 4.79 Å². The van der Waals surface area contributed by atoms with Crippen molar-refractivity contribution in [3.63, 3.8) is 0 Å². The van der Waals surface area contributed by atoms with Gasteiger partial charge in [0.05, 0.1) is 6.61 Å². The van der Waals surface area contributed by atoms with Gasteiger partial charge in [-0.3, -0.25) is 9.59 Å². The van der Waals surface area contributed by atoms with Crippen molar-refractivity contribution in [1.82, 2.24) is 10.2 Å². The van der Waals surface area contributed by atoms with E-state index in [1.165, 1.54) is 11.0 Å². The van der Waals surface area contributed by atoms with E-state index < -0.39 is 42.2 Å². The number of alkyl carbamates (subject to hydrolysis) is 1. The molecule has 0 aliphatic carbocycles. The van der Waals surface area contributed by atoms with E-state index in [0.717, 1.165) is 42.9 Å². The molecule has 3 aromatic carbocycles. The van der Waals surface area contributed by atoms with Crippen LogP contribution in [0.25, 0.3) is 10.8 Å². The molecule has 9 nitrogen and oxygen atoms in total. The number of hydrogen-bond donors (Lipinski definition) is 4. The highest BCUT2D eigenvalue weighted by molar-refractivity contribution is 6.00. The molecular weight excluding hydrogens is 546 g/mol. The van der Waals surface area contributed by atoms with Crippen molar-refractivity contribution in [1.29, 1.82) is 0 Å². The molecule has 0 saturated heterocycles. The largest absolute Gasteiger partial charge is 0.508 e. The average molecular weight is 592 g/mol. The number of para-hydroxylation sites is 1. The smallest absolute Gasteiger partial charge is 0.408 e. The number of carbonyl (C=O) groups excluding carboxylic acids is 3. The van der Waals surface area contributed by atoms with Gasteiger partial charge in [0.15, 0.2) is 0 Å². The van der Waals surface area contributed by atoms with Crippen LogP contribution in [0.4, 0.5) is 10.5 Å². The van der Waals surface area contributed by atoms with Crippen molar-refractivity contribution >= 4 is 34.4 Å². The number of aliphatic hydroxyl groups excluding tert-OH is 1. The van der Waals surface area contributed by atoms with Crippen LogP contribution >= 0.6 is 0 Å². The van der Waals surface area contributed by atoms with Crippen LogP contribution in [0.15, 0.2) is 66.7 Å². The molecule has 0 bridgehead atoms. The Bertz CT molecular complexity index is 1370. The summed E-state index contributed by atoms with van der Waals surface area (Å²) < 4.78 is 5.31. The Morgan fingerprint density at radius 1 is 0.884 bits per heavy atom. The number of aromatic hydroxyl groups is 1. The monoisotopic (exact) mass is 591 g/mol. The van der Waals surface area contributed by atoms with E-state index in [1.807, 2.05) is 36.4 Å². The van der Waals surface area contributed by atoms with Gasteiger partial charge < -0.3 is 30.5 Å². The Morgan fingerprint density at radius 2 is 1.53 bits per heavy atom. The van der Waals surface area contributed by atoms with Crippen molar-refractivity contribution in [2.75, 3.05) is 18.5 Å². The molecule has 43 heavy (non-hydrogen) atoms. The van der Waals surface area contributed by atoms with Crippen molar-refractivity contribution in [2.24, 2.45) is 0 Å². The molecule has 2 atom stereocenters. The molecule has 0 heterocycles. The molecule has 2 unspecified atom stereocenters. The third kappa shape index (κ3) is 9.99. The number of carbonyl (C=O) groups is 3. The number of unbranched alkanes of at least 4 members (excludes halogenated alkanes) is 5. The van der Waals surface area contributed by atoms with Crippen LogP contribution in [0.2, 0.25) is 0 Å². The Hall–Kier alpha value is -4.11. The van der Waals surface area contributed by atoms with Crippen LogP contribution in [0.3, 0.4) is 0 Å². The molecule has 0 aliphatic rings. The normalized spacial score (nSPS) is 12.8. The summed E-state index contributed by atoms with van der Waals surface area (Å²) in [5.74, 6) is -1.35. The van der Waals surface area contributed by atoms with Crippen LogP contribution in [-0.2, 0) is 14.3 Å². The number of ether oxygens (including phenoxy) is 1. The summed E-state index contributed by atoms with van der Waals surface area (Å²) in [6.45, 7) is 6.68. The first kappa shape index (κ1) is 33.4. The lowest BCUT2D eigenvalue weighted by Gasteiger charge is -2.34. The van der Waals surface area contributed by atoms with Gasteiger partial charge >= 0.3 is 6.09 Å². The first-order valence-electron chi connectivity index (χ1n) is 15.0. The van der Waals surface area contributed by atoms with E-state index in [2.05, 4.69) is 17.6 Å². The molecule has 0 fully saturated rings. The highest BCUT2D eigenvalue weighted by atomic mass is 16.6. The fourth-order valence-electron chi connectivity index (χ4n) is 4.91. The van der Waals surface area contributed by atoms with E-state index in [9.17, 15) is 24.6 Å². The van der Waals surface area contributed by atoms with Gasteiger partial charge in [0.1, 0.15) is 23.4 Å². The van der Waals surface area contributed by atoms with Gasteiger partial charge in [-0.1, -0.05) is 87.6 Å². The second-order valence-electron chi connectivity index (χ2n) is 11.7. The molecule has 3 amide bonds. The zero-order valence-electron chi connectivity index (χ0n) is 25.6. The second kappa shape index (κ2) is 15.9. The highest BCUT2D eigenvalue weighted by Gasteiger charge is 2.37. The zero-order chi connectivity index (χ0) is 31.4. The average Bonchev–Trinajstić information content (AvgIpc) is 2.96. The predicted octanol–water partition coefficient (Wildman–Crippen LogP) is 6.30. The maximum Gasteiger partial charge on any atom is 0.408 e. The summed E-state index contributed by atoms with van der Waals surface area (Å²) in [6.07, 6.45) is 4.81. The molecule has 232 valence electrons. The van der Waals surface area contributed by atoms with Gasteiger partial charge in [-0.15, -0.1) is 0 Å². The molecule has 3 rings (SSSR count). The minimum Gasteiger partial charge on any atom is -0.508 e. The predicted molar refractivity (Wildman–Crippen MR) is 169 cm³/mol. The topological polar surface area (TPSA) is 128 Å². The Morgan fingerprint density at radius 3 is 2.21 bits per heavy atom. The number of anilines is 1. The SMILES string of the molecule is CCCCCCCCN(C(=O)C(CO)NC(=O)OC(C)(C)C)C(C(=O)Nc1ccc2ccccc2c1)c1ccccc1O. The number of phenols is 1. The summed E-state index contributed by atoms with van der Waals surface area (Å²) in [5.41, 5.74) is -0.0561. The fourth-order valence-corrected chi connectivity index (χ4v) is 4.91. The summed E-state index contributed by atoms with van der Waals surface area (Å²) in [6, 6.07) is 17.0. The maximum absolute atomic E-state index is 14.1. The molecule has 4 N–H and O–H groups in total. The van der Waals surface area contributed by atoms with E-state index in [0.29, 0.717) is 12.1 Å². The van der Waals surface area contributed by atoms with Gasteiger partial charge in [0.2, 0.25) is 5.91 Å². The lowest BCUT2D eigenvalue weighted by Crippen LogP contribution is -2.54. The third-order valence-electron chi connectivity index (χ3n) is 7.02. The Labute approximate surface area is 254 Å². The second-order valence-corrected chi connectivity index (χ2v) is 11.7. The van der Waals surface area contributed by atoms with Crippen molar-refractivity contribution in [2.45, 2.75) is 83.9 Å². The van der Waals surface area contributed by atoms with Crippen LogP contribution < -0.4 is 10.6 Å². The van der Waals surface area contributed by atoms with Crippen molar-refractivity contribution in [3.05, 3.63) is 72.3 Å². The first-order chi connectivity index (χ1) is 20.5. The zero-order valence-corrected chi connectivity index (χ0v) is 25.6. The molecule has 3 aromatic rings. The molecule has 0 aliphatic heterocycles. The Balaban J connectivity index is 1.97. The lowest BCUT2D eigenvalue weighted by molar-refractivity contribution is -0.141. The quantitative estimate of drug-likeness (QED) is 0.163. The number of fused-ring (bicyclic) bond motifs is 1. The minimum atomic E-state index is -1.36. The van der Waals surface area contributed by atoms with E-state index in [4.69, 9.17) is 4.74 Å². The molecule has 0 spiro atoms. The van der Waals surface area contributed by atoms with Crippen molar-refractivity contribution < 1.29 is 29.3 Å². The van der Waals surface area contributed by atoms with E-state index in [1.54, 1.807) is 45.0 Å². The van der Waals surface area contributed by atoms with Crippen LogP contribution in [-0.4, -0.2) is 57.8 Å². The lowest BCUT2D eigenvalue weighted by atomic mass is 10.0. The molecule has 0 aromatic heterocycles. The molecular formula is C34H45N3O6. The standard InChI is InChI=1S/C34H45N3O6/c1-5-6-7-8-9-14-21-37(32(41)28(23-38)36-33(42)43-34(2,3)4)30(27-17-12-13-18-29(27)39)31(40)35-26-20-19-24-15-10-11-16-25(24)22-26/h10-13,15-20,22,28,30,38-39H,5-9,14,21,23H2,1-4H3,(H,35,40)(H,36,42). The molecule has 0 radical (unpaired) electrons. The number of hydrogen-bond acceptors (Lipinski definition) is 6. The number of rotatable bonds is 14. The molecule has 0 saturated carbocycles. The maximum atomic E-state index is 14.1. The summed E-state index contributed by atoms with van der Waals surface area (Å²) in [5, 5.41) is 28.3. The third-order valence-corrected chi connectivity index (χ3v) is 7.02. The van der Waals surface area contributed by atoms with Crippen LogP contribution in [0.1, 0.15) is 77.8 Å². The summed E-state index contributed by atoms with van der Waals surface area (Å²) in [4.78, 5) is 42.0. The van der Waals surface area contributed by atoms with Crippen molar-refractivity contribution in [3.8, 4) is 5.75 Å². The van der Waals surface area contributed by atoms with Gasteiger partial charge in [-0.05, 0) is 56.2 Å². The Kier molecular flexibility index (Phi) is 12.4. The minimum absolute atomic E-state index is 0.150. The number of nitrogens with zero attached hydrogens (tertiary/aromatic N) is 1. The summed E-state index contributed by atoms with van der Waals surface area (Å²) in [7, 11) is 0. The van der Waals surface area contributed by atoms with E-state index in [-0.39, 0.29) is 17.9 Å². The first-order valence-corrected chi connectivity index (χ1v) is 15.0. The highest BCUT2D eigenvalue weighted by Crippen LogP contribution is 2.31. The van der Waals surface area contributed by atoms with Gasteiger partial charge in [0, 0.05) is 17.8 Å². The number of phenolic OH excluding ortho intramolecular Hbond substituents is 1. The number of benzene rings is 3. The number of nitrogens with one attached hydrogen (secondary N) is 2. The fraction of sp³-hybridized carbons (Fsp3) is 0.441.